The molecule has 2 heterocycles. The summed E-state index contributed by atoms with van der Waals surface area (Å²) in [5.41, 5.74) is 5.27. The highest BCUT2D eigenvalue weighted by Gasteiger charge is 2.34. The molecule has 1 aliphatic rings. The Morgan fingerprint density at radius 3 is 2.41 bits per heavy atom. The maximum Gasteiger partial charge on any atom is 0.269 e. The van der Waals surface area contributed by atoms with E-state index in [0.29, 0.717) is 28.6 Å². The number of hydrogen-bond acceptors (Lipinski definition) is 9. The number of anilines is 1. The van der Waals surface area contributed by atoms with Crippen LogP contribution in [0.5, 0.6) is 5.75 Å². The normalized spacial score (nSPS) is 15.0. The van der Waals surface area contributed by atoms with E-state index in [1.54, 1.807) is 35.9 Å². The number of hydrazine groups is 1. The number of non-ortho nitro benzene ring substituents is 1. The average Bonchev–Trinajstić information content (AvgIpc) is 3.29. The Morgan fingerprint density at radius 1 is 1.05 bits per heavy atom. The van der Waals surface area contributed by atoms with Crippen LogP contribution in [0.2, 0.25) is 0 Å². The first kappa shape index (κ1) is 24.4. The second-order valence-corrected chi connectivity index (χ2v) is 9.37. The second kappa shape index (κ2) is 10.4. The van der Waals surface area contributed by atoms with Crippen molar-refractivity contribution >= 4 is 41.5 Å². The molecule has 1 aromatic heterocycles. The highest BCUT2D eigenvalue weighted by Crippen LogP contribution is 2.38. The van der Waals surface area contributed by atoms with Crippen molar-refractivity contribution in [3.05, 3.63) is 99.3 Å². The van der Waals surface area contributed by atoms with Crippen LogP contribution in [0.4, 0.5) is 11.6 Å². The molecule has 186 valence electrons. The molecule has 1 atom stereocenters. The van der Waals surface area contributed by atoms with Crippen LogP contribution >= 0.6 is 24.0 Å². The Morgan fingerprint density at radius 2 is 1.76 bits per heavy atom. The van der Waals surface area contributed by atoms with Gasteiger partial charge in [0.1, 0.15) is 11.1 Å². The lowest BCUT2D eigenvalue weighted by Crippen LogP contribution is -2.35. The molecule has 1 fully saturated rings. The zero-order chi connectivity index (χ0) is 25.9. The molecule has 0 aliphatic carbocycles. The quantitative estimate of drug-likeness (QED) is 0.195. The Labute approximate surface area is 221 Å². The van der Waals surface area contributed by atoms with E-state index in [4.69, 9.17) is 21.9 Å². The van der Waals surface area contributed by atoms with Gasteiger partial charge in [-0.05, 0) is 54.2 Å². The topological polar surface area (TPSA) is 115 Å². The van der Waals surface area contributed by atoms with Gasteiger partial charge in [0.25, 0.3) is 11.6 Å². The van der Waals surface area contributed by atoms with Gasteiger partial charge >= 0.3 is 0 Å². The number of hydrogen-bond donors (Lipinski definition) is 1. The average molecular weight is 533 g/mol. The van der Waals surface area contributed by atoms with Gasteiger partial charge in [0.05, 0.1) is 23.5 Å². The minimum Gasteiger partial charge on any atom is -0.497 e. The van der Waals surface area contributed by atoms with Gasteiger partial charge in [-0.25, -0.2) is 5.01 Å². The number of amides is 1. The smallest absolute Gasteiger partial charge is 0.269 e. The number of methoxy groups -OCH3 is 1. The molecule has 1 N–H and O–H groups in total. The number of aromatic nitrogens is 3. The summed E-state index contributed by atoms with van der Waals surface area (Å²) in [6, 6.07) is 22.7. The van der Waals surface area contributed by atoms with E-state index in [1.807, 2.05) is 42.5 Å². The number of nitrogens with zero attached hydrogens (tertiary/aromatic N) is 5. The molecular formula is C25H20N6O4S2. The van der Waals surface area contributed by atoms with Crippen LogP contribution in [-0.4, -0.2) is 43.2 Å². The number of carbonyl (C=O) groups is 1. The van der Waals surface area contributed by atoms with Crippen LogP contribution in [0, 0.1) is 14.9 Å². The minimum absolute atomic E-state index is 0.0594. The van der Waals surface area contributed by atoms with E-state index >= 15 is 0 Å². The summed E-state index contributed by atoms with van der Waals surface area (Å²) in [7, 11) is 1.58. The van der Waals surface area contributed by atoms with E-state index in [2.05, 4.69) is 10.4 Å². The fraction of sp³-hybridized carbons (Fsp3) is 0.120. The van der Waals surface area contributed by atoms with Crippen molar-refractivity contribution in [3.8, 4) is 22.8 Å². The van der Waals surface area contributed by atoms with Crippen LogP contribution in [0.15, 0.2) is 78.9 Å². The number of rotatable bonds is 7. The maximum absolute atomic E-state index is 12.9. The highest BCUT2D eigenvalue weighted by molar-refractivity contribution is 8.00. The van der Waals surface area contributed by atoms with Crippen molar-refractivity contribution in [1.82, 2.24) is 19.5 Å². The summed E-state index contributed by atoms with van der Waals surface area (Å²) in [4.78, 5) is 32.8. The van der Waals surface area contributed by atoms with E-state index in [1.165, 1.54) is 28.9 Å². The number of carbonyl (C=O) groups excluding carboxylic acids is 1. The standard InChI is InChI=1S/C25H20N6O4S2/c1-35-20-13-7-16(8-14-20)22-26-24(28-30-21(32)15-37-23(30)17-5-3-2-4-6-17)29(25(36)27-22)18-9-11-19(12-10-18)31(33)34/h2-14,23H,15H2,1H3,(H,26,27,28,36). The third-order valence-corrected chi connectivity index (χ3v) is 7.14. The fourth-order valence-corrected chi connectivity index (χ4v) is 5.21. The lowest BCUT2D eigenvalue weighted by molar-refractivity contribution is -0.384. The molecule has 12 heteroatoms. The zero-order valence-electron chi connectivity index (χ0n) is 19.5. The Balaban J connectivity index is 1.61. The van der Waals surface area contributed by atoms with E-state index in [9.17, 15) is 14.9 Å². The molecule has 37 heavy (non-hydrogen) atoms. The van der Waals surface area contributed by atoms with Gasteiger partial charge < -0.3 is 4.74 Å². The number of nitro groups is 1. The zero-order valence-corrected chi connectivity index (χ0v) is 21.1. The van der Waals surface area contributed by atoms with Crippen LogP contribution in [0.3, 0.4) is 0 Å². The number of nitrogens with one attached hydrogen (secondary N) is 1. The van der Waals surface area contributed by atoms with Gasteiger partial charge in [0.2, 0.25) is 10.7 Å². The molecule has 1 saturated heterocycles. The Kier molecular flexibility index (Phi) is 6.84. The van der Waals surface area contributed by atoms with E-state index < -0.39 is 4.92 Å². The maximum atomic E-state index is 12.9. The first-order valence-electron chi connectivity index (χ1n) is 11.1. The van der Waals surface area contributed by atoms with Crippen molar-refractivity contribution < 1.29 is 14.5 Å². The molecule has 3 aromatic carbocycles. The van der Waals surface area contributed by atoms with Gasteiger partial charge in [-0.3, -0.25) is 24.9 Å². The molecule has 0 spiro atoms. The van der Waals surface area contributed by atoms with Crippen molar-refractivity contribution in [3.63, 3.8) is 0 Å². The van der Waals surface area contributed by atoms with Crippen molar-refractivity contribution in [1.29, 1.82) is 0 Å². The monoisotopic (exact) mass is 532 g/mol. The summed E-state index contributed by atoms with van der Waals surface area (Å²) in [6.07, 6.45) is 0. The van der Waals surface area contributed by atoms with E-state index in [-0.39, 0.29) is 27.7 Å². The molecule has 0 saturated carbocycles. The number of nitro benzene ring substituents is 1. The largest absolute Gasteiger partial charge is 0.497 e. The van der Waals surface area contributed by atoms with Crippen LogP contribution in [0.25, 0.3) is 17.1 Å². The predicted octanol–water partition coefficient (Wildman–Crippen LogP) is 5.18. The van der Waals surface area contributed by atoms with Gasteiger partial charge in [-0.2, -0.15) is 9.97 Å². The number of benzene rings is 3. The first-order valence-corrected chi connectivity index (χ1v) is 12.6. The van der Waals surface area contributed by atoms with Gasteiger partial charge in [0, 0.05) is 17.7 Å². The van der Waals surface area contributed by atoms with Crippen molar-refractivity contribution in [2.45, 2.75) is 5.37 Å². The fourth-order valence-electron chi connectivity index (χ4n) is 3.82. The van der Waals surface area contributed by atoms with Gasteiger partial charge in [-0.15, -0.1) is 11.8 Å². The number of ether oxygens (including phenoxy) is 1. The predicted molar refractivity (Wildman–Crippen MR) is 143 cm³/mol. The summed E-state index contributed by atoms with van der Waals surface area (Å²) in [6.45, 7) is 0. The van der Waals surface area contributed by atoms with Gasteiger partial charge in [-0.1, -0.05) is 30.3 Å². The summed E-state index contributed by atoms with van der Waals surface area (Å²) >= 11 is 7.13. The molecule has 0 radical (unpaired) electrons. The summed E-state index contributed by atoms with van der Waals surface area (Å²) in [5.74, 6) is 1.45. The molecule has 1 amide bonds. The molecule has 10 nitrogen and oxygen atoms in total. The SMILES string of the molecule is COc1ccc(-c2nc(NN3C(=O)CSC3c3ccccc3)n(-c3ccc([N+](=O)[O-])cc3)c(=S)n2)cc1. The Bertz CT molecular complexity index is 1510. The highest BCUT2D eigenvalue weighted by atomic mass is 32.2. The summed E-state index contributed by atoms with van der Waals surface area (Å²) < 4.78 is 6.94. The van der Waals surface area contributed by atoms with E-state index in [0.717, 1.165) is 5.56 Å². The first-order chi connectivity index (χ1) is 17.9. The van der Waals surface area contributed by atoms with Crippen LogP contribution in [0.1, 0.15) is 10.9 Å². The minimum atomic E-state index is -0.476. The lowest BCUT2D eigenvalue weighted by atomic mass is 10.2. The second-order valence-electron chi connectivity index (χ2n) is 7.94. The molecule has 1 unspecified atom stereocenters. The molecule has 0 bridgehead atoms. The van der Waals surface area contributed by atoms with Crippen LogP contribution in [-0.2, 0) is 4.79 Å². The van der Waals surface area contributed by atoms with Crippen LogP contribution < -0.4 is 10.2 Å². The molecule has 4 aromatic rings. The molecule has 5 rings (SSSR count). The third-order valence-electron chi connectivity index (χ3n) is 5.66. The third kappa shape index (κ3) is 5.01. The Hall–Kier alpha value is -4.29. The molecule has 1 aliphatic heterocycles. The molecular weight excluding hydrogens is 512 g/mol. The van der Waals surface area contributed by atoms with Gasteiger partial charge in [0.15, 0.2) is 5.82 Å². The lowest BCUT2D eigenvalue weighted by Gasteiger charge is -2.26. The summed E-state index contributed by atoms with van der Waals surface area (Å²) in [5, 5.41) is 12.4. The van der Waals surface area contributed by atoms with Crippen molar-refractivity contribution in [2.24, 2.45) is 0 Å². The number of thioether (sulfide) groups is 1. The van der Waals surface area contributed by atoms with Crippen molar-refractivity contribution in [2.75, 3.05) is 18.3 Å².